The van der Waals surface area contributed by atoms with Gasteiger partial charge in [0.2, 0.25) is 0 Å². The highest BCUT2D eigenvalue weighted by molar-refractivity contribution is 5.81. The molecule has 2 unspecified atom stereocenters. The van der Waals surface area contributed by atoms with E-state index in [0.717, 1.165) is 25.8 Å². The predicted octanol–water partition coefficient (Wildman–Crippen LogP) is 1.80. The van der Waals surface area contributed by atoms with Gasteiger partial charge in [-0.2, -0.15) is 0 Å². The van der Waals surface area contributed by atoms with E-state index in [-0.39, 0.29) is 11.9 Å². The summed E-state index contributed by atoms with van der Waals surface area (Å²) in [6.07, 6.45) is 8.04. The Bertz CT molecular complexity index is 233. The average Bonchev–Trinajstić information content (AvgIpc) is 2.59. The van der Waals surface area contributed by atoms with E-state index in [2.05, 4.69) is 24.2 Å². The van der Waals surface area contributed by atoms with E-state index in [0.29, 0.717) is 6.04 Å². The van der Waals surface area contributed by atoms with Crippen LogP contribution in [0.25, 0.3) is 0 Å². The average molecular weight is 241 g/mol. The van der Waals surface area contributed by atoms with Crippen molar-refractivity contribution >= 4 is 5.91 Å². The first-order chi connectivity index (χ1) is 8.24. The van der Waals surface area contributed by atoms with E-state index in [1.807, 2.05) is 0 Å². The van der Waals surface area contributed by atoms with Crippen molar-refractivity contribution in [2.45, 2.75) is 70.9 Å². The van der Waals surface area contributed by atoms with Gasteiger partial charge < -0.3 is 0 Å². The van der Waals surface area contributed by atoms with Gasteiger partial charge in [-0.25, -0.2) is 5.84 Å². The number of rotatable bonds is 5. The molecule has 17 heavy (non-hydrogen) atoms. The third-order valence-electron chi connectivity index (χ3n) is 3.80. The number of hydrogen-bond donors (Lipinski definition) is 2. The molecule has 0 aliphatic carbocycles. The maximum atomic E-state index is 11.9. The van der Waals surface area contributed by atoms with Crippen molar-refractivity contribution < 1.29 is 4.79 Å². The van der Waals surface area contributed by atoms with E-state index >= 15 is 0 Å². The molecule has 0 aromatic carbocycles. The topological polar surface area (TPSA) is 58.4 Å². The summed E-state index contributed by atoms with van der Waals surface area (Å²) < 4.78 is 0. The highest BCUT2D eigenvalue weighted by atomic mass is 16.2. The largest absolute Gasteiger partial charge is 0.293 e. The summed E-state index contributed by atoms with van der Waals surface area (Å²) in [4.78, 5) is 14.3. The van der Waals surface area contributed by atoms with Gasteiger partial charge in [-0.3, -0.25) is 15.1 Å². The number of nitrogens with one attached hydrogen (secondary N) is 1. The molecule has 4 heteroatoms. The molecule has 0 aromatic heterocycles. The molecule has 1 saturated heterocycles. The molecular formula is C13H27N3O. The normalized spacial score (nSPS) is 24.1. The molecule has 2 atom stereocenters. The molecule has 4 nitrogen and oxygen atoms in total. The Morgan fingerprint density at radius 1 is 1.41 bits per heavy atom. The van der Waals surface area contributed by atoms with Crippen LogP contribution in [0, 0.1) is 0 Å². The summed E-state index contributed by atoms with van der Waals surface area (Å²) in [6.45, 7) is 5.37. The van der Waals surface area contributed by atoms with Crippen LogP contribution in [0.15, 0.2) is 0 Å². The summed E-state index contributed by atoms with van der Waals surface area (Å²) >= 11 is 0. The Kier molecular flexibility index (Phi) is 6.52. The number of carbonyl (C=O) groups excluding carboxylic acids is 1. The van der Waals surface area contributed by atoms with Crippen LogP contribution in [0.4, 0.5) is 0 Å². The lowest BCUT2D eigenvalue weighted by atomic mass is 10.0. The standard InChI is InChI=1S/C13H27N3O/c1-3-8-12(13(17)15-14)16-10-7-5-6-9-11(16)4-2/h11-12H,3-10,14H2,1-2H3,(H,15,17). The van der Waals surface area contributed by atoms with Crippen LogP contribution in [0.5, 0.6) is 0 Å². The molecular weight excluding hydrogens is 214 g/mol. The van der Waals surface area contributed by atoms with Crippen LogP contribution >= 0.6 is 0 Å². The fourth-order valence-corrected chi connectivity index (χ4v) is 2.87. The fourth-order valence-electron chi connectivity index (χ4n) is 2.87. The maximum absolute atomic E-state index is 11.9. The van der Waals surface area contributed by atoms with Crippen molar-refractivity contribution in [1.29, 1.82) is 0 Å². The Morgan fingerprint density at radius 2 is 2.18 bits per heavy atom. The third kappa shape index (κ3) is 3.96. The molecule has 3 N–H and O–H groups in total. The summed E-state index contributed by atoms with van der Waals surface area (Å²) in [5.74, 6) is 5.29. The molecule has 0 radical (unpaired) electrons. The lowest BCUT2D eigenvalue weighted by Gasteiger charge is -2.35. The highest BCUT2D eigenvalue weighted by Crippen LogP contribution is 2.23. The number of nitrogens with zero attached hydrogens (tertiary/aromatic N) is 1. The van der Waals surface area contributed by atoms with Crippen molar-refractivity contribution in [3.05, 3.63) is 0 Å². The smallest absolute Gasteiger partial charge is 0.251 e. The van der Waals surface area contributed by atoms with E-state index in [1.165, 1.54) is 25.7 Å². The molecule has 0 spiro atoms. The zero-order valence-corrected chi connectivity index (χ0v) is 11.2. The number of nitrogens with two attached hydrogens (primary N) is 1. The lowest BCUT2D eigenvalue weighted by Crippen LogP contribution is -2.52. The first-order valence-electron chi connectivity index (χ1n) is 7.00. The quantitative estimate of drug-likeness (QED) is 0.438. The van der Waals surface area contributed by atoms with E-state index < -0.39 is 0 Å². The molecule has 1 fully saturated rings. The Labute approximate surface area is 105 Å². The van der Waals surface area contributed by atoms with Crippen molar-refractivity contribution in [2.24, 2.45) is 5.84 Å². The highest BCUT2D eigenvalue weighted by Gasteiger charge is 2.30. The van der Waals surface area contributed by atoms with Gasteiger partial charge in [0.05, 0.1) is 6.04 Å². The second-order valence-corrected chi connectivity index (χ2v) is 4.96. The van der Waals surface area contributed by atoms with Crippen molar-refractivity contribution in [3.63, 3.8) is 0 Å². The summed E-state index contributed by atoms with van der Waals surface area (Å²) in [6, 6.07) is 0.513. The fraction of sp³-hybridized carbons (Fsp3) is 0.923. The van der Waals surface area contributed by atoms with Gasteiger partial charge in [0.25, 0.3) is 5.91 Å². The van der Waals surface area contributed by atoms with Crippen LogP contribution in [0.1, 0.15) is 58.8 Å². The molecule has 0 bridgehead atoms. The lowest BCUT2D eigenvalue weighted by molar-refractivity contribution is -0.127. The third-order valence-corrected chi connectivity index (χ3v) is 3.80. The van der Waals surface area contributed by atoms with Gasteiger partial charge in [-0.15, -0.1) is 0 Å². The van der Waals surface area contributed by atoms with Gasteiger partial charge in [-0.05, 0) is 32.2 Å². The SMILES string of the molecule is CCCC(C(=O)NN)N1CCCCCC1CC. The maximum Gasteiger partial charge on any atom is 0.251 e. The number of carbonyl (C=O) groups is 1. The molecule has 0 aromatic rings. The van der Waals surface area contributed by atoms with Crippen molar-refractivity contribution in [2.75, 3.05) is 6.54 Å². The number of hydrogen-bond acceptors (Lipinski definition) is 3. The molecule has 1 aliphatic heterocycles. The second-order valence-electron chi connectivity index (χ2n) is 4.96. The summed E-state index contributed by atoms with van der Waals surface area (Å²) in [5.41, 5.74) is 2.33. The van der Waals surface area contributed by atoms with Gasteiger partial charge >= 0.3 is 0 Å². The summed E-state index contributed by atoms with van der Waals surface area (Å²) in [5, 5.41) is 0. The zero-order chi connectivity index (χ0) is 12.7. The van der Waals surface area contributed by atoms with Crippen LogP contribution in [-0.2, 0) is 4.79 Å². The number of likely N-dealkylation sites (tertiary alicyclic amines) is 1. The van der Waals surface area contributed by atoms with Gasteiger partial charge in [0, 0.05) is 6.04 Å². The molecule has 100 valence electrons. The van der Waals surface area contributed by atoms with E-state index in [1.54, 1.807) is 0 Å². The van der Waals surface area contributed by atoms with Crippen molar-refractivity contribution in [1.82, 2.24) is 10.3 Å². The van der Waals surface area contributed by atoms with Gasteiger partial charge in [0.1, 0.15) is 0 Å². The van der Waals surface area contributed by atoms with Gasteiger partial charge in [-0.1, -0.05) is 33.1 Å². The Hall–Kier alpha value is -0.610. The molecule has 1 rings (SSSR count). The van der Waals surface area contributed by atoms with Gasteiger partial charge in [0.15, 0.2) is 0 Å². The number of amides is 1. The molecule has 1 aliphatic rings. The van der Waals surface area contributed by atoms with Crippen LogP contribution in [0.3, 0.4) is 0 Å². The molecule has 1 heterocycles. The second kappa shape index (κ2) is 7.67. The Balaban J connectivity index is 2.76. The molecule has 0 saturated carbocycles. The minimum absolute atomic E-state index is 0.0211. The minimum atomic E-state index is -0.0342. The first kappa shape index (κ1) is 14.5. The number of hydrazine groups is 1. The molecule has 1 amide bonds. The van der Waals surface area contributed by atoms with Crippen LogP contribution < -0.4 is 11.3 Å². The van der Waals surface area contributed by atoms with Crippen LogP contribution in [0.2, 0.25) is 0 Å². The van der Waals surface area contributed by atoms with Crippen molar-refractivity contribution in [3.8, 4) is 0 Å². The van der Waals surface area contributed by atoms with E-state index in [9.17, 15) is 4.79 Å². The van der Waals surface area contributed by atoms with Crippen LogP contribution in [-0.4, -0.2) is 29.4 Å². The van der Waals surface area contributed by atoms with E-state index in [4.69, 9.17) is 5.84 Å². The predicted molar refractivity (Wildman–Crippen MR) is 70.3 cm³/mol. The zero-order valence-electron chi connectivity index (χ0n) is 11.2. The monoisotopic (exact) mass is 241 g/mol. The first-order valence-corrected chi connectivity index (χ1v) is 7.00. The minimum Gasteiger partial charge on any atom is -0.293 e. The Morgan fingerprint density at radius 3 is 2.76 bits per heavy atom. The summed E-state index contributed by atoms with van der Waals surface area (Å²) in [7, 11) is 0.